The zero-order chi connectivity index (χ0) is 20.6. The third kappa shape index (κ3) is 5.45. The van der Waals surface area contributed by atoms with Crippen molar-refractivity contribution >= 4 is 17.6 Å². The molecule has 3 aromatic rings. The number of ether oxygens (including phenoxy) is 2. The molecule has 0 radical (unpaired) electrons. The highest BCUT2D eigenvalue weighted by atomic mass is 16.6. The molecular weight excluding hydrogens is 366 g/mol. The molecule has 0 unspecified atom stereocenters. The van der Waals surface area contributed by atoms with Crippen LogP contribution in [0.2, 0.25) is 0 Å². The molecule has 29 heavy (non-hydrogen) atoms. The van der Waals surface area contributed by atoms with E-state index < -0.39 is 24.1 Å². The second-order valence-electron chi connectivity index (χ2n) is 6.55. The molecule has 0 spiro atoms. The minimum Gasteiger partial charge on any atom is -0.479 e. The molecule has 5 nitrogen and oxygen atoms in total. The van der Waals surface area contributed by atoms with Crippen LogP contribution in [0.5, 0.6) is 5.75 Å². The van der Waals surface area contributed by atoms with Crippen molar-refractivity contribution in [3.05, 3.63) is 84.9 Å². The van der Waals surface area contributed by atoms with E-state index in [1.807, 2.05) is 72.8 Å². The highest BCUT2D eigenvalue weighted by Crippen LogP contribution is 2.27. The lowest BCUT2D eigenvalue weighted by molar-refractivity contribution is -0.159. The van der Waals surface area contributed by atoms with Crippen LogP contribution in [0, 0.1) is 0 Å². The fourth-order valence-corrected chi connectivity index (χ4v) is 2.77. The van der Waals surface area contributed by atoms with E-state index >= 15 is 0 Å². The minimum absolute atomic E-state index is 0.409. The molecule has 1 N–H and O–H groups in total. The molecule has 1 amide bonds. The van der Waals surface area contributed by atoms with E-state index in [-0.39, 0.29) is 0 Å². The fourth-order valence-electron chi connectivity index (χ4n) is 2.77. The van der Waals surface area contributed by atoms with Crippen LogP contribution < -0.4 is 10.1 Å². The average molecular weight is 389 g/mol. The lowest BCUT2D eigenvalue weighted by Gasteiger charge is -2.18. The Bertz CT molecular complexity index is 957. The van der Waals surface area contributed by atoms with E-state index in [0.717, 1.165) is 11.1 Å². The first-order valence-corrected chi connectivity index (χ1v) is 9.42. The molecule has 0 aliphatic heterocycles. The lowest BCUT2D eigenvalue weighted by atomic mass is 10.0. The summed E-state index contributed by atoms with van der Waals surface area (Å²) in [5.41, 5.74) is 2.53. The molecule has 148 valence electrons. The second-order valence-corrected chi connectivity index (χ2v) is 6.55. The maximum absolute atomic E-state index is 12.6. The van der Waals surface area contributed by atoms with Gasteiger partial charge in [0.05, 0.1) is 0 Å². The SMILES string of the molecule is C[C@H](OC(=O)[C@H](C)Oc1ccccc1)C(=O)Nc1ccccc1-c1ccccc1. The number of carbonyl (C=O) groups is 2. The fraction of sp³-hybridized carbons (Fsp3) is 0.167. The number of rotatable bonds is 7. The molecule has 0 aromatic heterocycles. The molecule has 0 aliphatic rings. The number of amides is 1. The van der Waals surface area contributed by atoms with E-state index in [4.69, 9.17) is 9.47 Å². The van der Waals surface area contributed by atoms with Crippen molar-refractivity contribution in [3.63, 3.8) is 0 Å². The molecule has 0 bridgehead atoms. The van der Waals surface area contributed by atoms with Gasteiger partial charge in [-0.2, -0.15) is 0 Å². The quantitative estimate of drug-likeness (QED) is 0.596. The Morgan fingerprint density at radius 2 is 1.34 bits per heavy atom. The van der Waals surface area contributed by atoms with Gasteiger partial charge < -0.3 is 14.8 Å². The van der Waals surface area contributed by atoms with Gasteiger partial charge in [-0.15, -0.1) is 0 Å². The summed E-state index contributed by atoms with van der Waals surface area (Å²) in [6.45, 7) is 3.12. The Kier molecular flexibility index (Phi) is 6.63. The van der Waals surface area contributed by atoms with Crippen LogP contribution in [-0.2, 0) is 14.3 Å². The number of carbonyl (C=O) groups excluding carboxylic acids is 2. The van der Waals surface area contributed by atoms with Crippen molar-refractivity contribution in [1.29, 1.82) is 0 Å². The zero-order valence-corrected chi connectivity index (χ0v) is 16.4. The van der Waals surface area contributed by atoms with Crippen LogP contribution in [0.1, 0.15) is 13.8 Å². The van der Waals surface area contributed by atoms with Crippen molar-refractivity contribution in [2.75, 3.05) is 5.32 Å². The van der Waals surface area contributed by atoms with E-state index in [1.54, 1.807) is 19.1 Å². The monoisotopic (exact) mass is 389 g/mol. The summed E-state index contributed by atoms with van der Waals surface area (Å²) in [6.07, 6.45) is -1.79. The number of nitrogens with one attached hydrogen (secondary N) is 1. The Balaban J connectivity index is 1.62. The van der Waals surface area contributed by atoms with Crippen molar-refractivity contribution in [2.24, 2.45) is 0 Å². The summed E-state index contributed by atoms with van der Waals surface area (Å²) in [4.78, 5) is 24.9. The molecule has 2 atom stereocenters. The van der Waals surface area contributed by atoms with Crippen LogP contribution in [0.25, 0.3) is 11.1 Å². The molecule has 3 rings (SSSR count). The summed E-state index contributed by atoms with van der Waals surface area (Å²) < 4.78 is 10.8. The van der Waals surface area contributed by atoms with Crippen molar-refractivity contribution in [2.45, 2.75) is 26.1 Å². The largest absolute Gasteiger partial charge is 0.479 e. The molecule has 0 saturated heterocycles. The Labute approximate surface area is 170 Å². The molecular formula is C24H23NO4. The van der Waals surface area contributed by atoms with Crippen LogP contribution in [-0.4, -0.2) is 24.1 Å². The summed E-state index contributed by atoms with van der Waals surface area (Å²) in [5, 5.41) is 2.85. The van der Waals surface area contributed by atoms with Gasteiger partial charge in [-0.25, -0.2) is 4.79 Å². The smallest absolute Gasteiger partial charge is 0.347 e. The first-order valence-electron chi connectivity index (χ1n) is 9.42. The highest BCUT2D eigenvalue weighted by Gasteiger charge is 2.23. The van der Waals surface area contributed by atoms with Gasteiger partial charge in [-0.3, -0.25) is 4.79 Å². The molecule has 5 heteroatoms. The number of hydrogen-bond acceptors (Lipinski definition) is 4. The van der Waals surface area contributed by atoms with Crippen LogP contribution in [0.3, 0.4) is 0 Å². The molecule has 0 saturated carbocycles. The molecule has 0 aliphatic carbocycles. The van der Waals surface area contributed by atoms with Crippen molar-refractivity contribution in [3.8, 4) is 16.9 Å². The predicted octanol–water partition coefficient (Wildman–Crippen LogP) is 4.69. The lowest BCUT2D eigenvalue weighted by Crippen LogP contribution is -2.35. The van der Waals surface area contributed by atoms with E-state index in [9.17, 15) is 9.59 Å². The van der Waals surface area contributed by atoms with Crippen LogP contribution >= 0.6 is 0 Å². The predicted molar refractivity (Wildman–Crippen MR) is 113 cm³/mol. The third-order valence-electron chi connectivity index (χ3n) is 4.32. The van der Waals surface area contributed by atoms with Gasteiger partial charge >= 0.3 is 5.97 Å². The standard InChI is InChI=1S/C24H23NO4/c1-17(29-24(27)18(2)28-20-13-7-4-8-14-20)23(26)25-22-16-10-9-15-21(22)19-11-5-3-6-12-19/h3-18H,1-2H3,(H,25,26)/t17-,18-/m0/s1. The first kappa shape index (κ1) is 20.1. The number of hydrogen-bond donors (Lipinski definition) is 1. The van der Waals surface area contributed by atoms with E-state index in [0.29, 0.717) is 11.4 Å². The summed E-state index contributed by atoms with van der Waals surface area (Å²) in [7, 11) is 0. The summed E-state index contributed by atoms with van der Waals surface area (Å²) in [6, 6.07) is 26.2. The molecule has 0 heterocycles. The number of benzene rings is 3. The van der Waals surface area contributed by atoms with Gasteiger partial charge in [-0.05, 0) is 37.6 Å². The van der Waals surface area contributed by atoms with Gasteiger partial charge in [-0.1, -0.05) is 66.7 Å². The van der Waals surface area contributed by atoms with Gasteiger partial charge in [0.2, 0.25) is 0 Å². The van der Waals surface area contributed by atoms with Crippen molar-refractivity contribution < 1.29 is 19.1 Å². The van der Waals surface area contributed by atoms with Gasteiger partial charge in [0, 0.05) is 11.3 Å². The average Bonchev–Trinajstić information content (AvgIpc) is 2.75. The Morgan fingerprint density at radius 1 is 0.759 bits per heavy atom. The van der Waals surface area contributed by atoms with Gasteiger partial charge in [0.1, 0.15) is 5.75 Å². The summed E-state index contributed by atoms with van der Waals surface area (Å²) in [5.74, 6) is -0.452. The summed E-state index contributed by atoms with van der Waals surface area (Å²) >= 11 is 0. The van der Waals surface area contributed by atoms with Gasteiger partial charge in [0.15, 0.2) is 12.2 Å². The van der Waals surface area contributed by atoms with Gasteiger partial charge in [0.25, 0.3) is 5.91 Å². The van der Waals surface area contributed by atoms with Crippen molar-refractivity contribution in [1.82, 2.24) is 0 Å². The number of anilines is 1. The zero-order valence-electron chi connectivity index (χ0n) is 16.4. The normalized spacial score (nSPS) is 12.5. The molecule has 3 aromatic carbocycles. The highest BCUT2D eigenvalue weighted by molar-refractivity contribution is 5.98. The van der Waals surface area contributed by atoms with Crippen LogP contribution in [0.15, 0.2) is 84.9 Å². The third-order valence-corrected chi connectivity index (χ3v) is 4.32. The number of esters is 1. The maximum Gasteiger partial charge on any atom is 0.347 e. The molecule has 0 fully saturated rings. The topological polar surface area (TPSA) is 64.6 Å². The number of para-hydroxylation sites is 2. The minimum atomic E-state index is -0.965. The Hall–Kier alpha value is -3.60. The van der Waals surface area contributed by atoms with E-state index in [1.165, 1.54) is 6.92 Å². The second kappa shape index (κ2) is 9.55. The first-order chi connectivity index (χ1) is 14.0. The van der Waals surface area contributed by atoms with Crippen LogP contribution in [0.4, 0.5) is 5.69 Å². The van der Waals surface area contributed by atoms with E-state index in [2.05, 4.69) is 5.32 Å². The maximum atomic E-state index is 12.6. The Morgan fingerprint density at radius 3 is 2.03 bits per heavy atom.